The van der Waals surface area contributed by atoms with Crippen LogP contribution in [0.4, 0.5) is 0 Å². The van der Waals surface area contributed by atoms with Crippen LogP contribution in [0.5, 0.6) is 0 Å². The molecule has 1 saturated carbocycles. The summed E-state index contributed by atoms with van der Waals surface area (Å²) in [5.74, 6) is 1.25. The van der Waals surface area contributed by atoms with E-state index in [9.17, 15) is 4.79 Å². The standard InChI is InChI=1S/C10H11BrN2O/c1-6(5-14)9-8(11)4-12-10(13-9)7-2-3-7/h4-7H,2-3H2,1H3. The molecule has 1 aromatic rings. The number of aromatic nitrogens is 2. The van der Waals surface area contributed by atoms with Crippen LogP contribution >= 0.6 is 15.9 Å². The second-order valence-electron chi connectivity index (χ2n) is 3.66. The molecule has 1 aliphatic rings. The minimum atomic E-state index is -0.162. The molecule has 0 aliphatic heterocycles. The van der Waals surface area contributed by atoms with Crippen molar-refractivity contribution >= 4 is 22.2 Å². The van der Waals surface area contributed by atoms with Crippen molar-refractivity contribution in [3.8, 4) is 0 Å². The third-order valence-corrected chi connectivity index (χ3v) is 2.98. The van der Waals surface area contributed by atoms with Crippen molar-refractivity contribution in [3.63, 3.8) is 0 Å². The molecule has 1 atom stereocenters. The molecule has 0 spiro atoms. The van der Waals surface area contributed by atoms with Crippen LogP contribution in [0.2, 0.25) is 0 Å². The second-order valence-corrected chi connectivity index (χ2v) is 4.51. The largest absolute Gasteiger partial charge is 0.303 e. The van der Waals surface area contributed by atoms with Gasteiger partial charge in [0.2, 0.25) is 0 Å². The summed E-state index contributed by atoms with van der Waals surface area (Å²) in [6.07, 6.45) is 5.01. The zero-order valence-corrected chi connectivity index (χ0v) is 9.49. The van der Waals surface area contributed by atoms with Gasteiger partial charge in [-0.2, -0.15) is 0 Å². The van der Waals surface area contributed by atoms with Gasteiger partial charge in [-0.15, -0.1) is 0 Å². The molecule has 0 saturated heterocycles. The van der Waals surface area contributed by atoms with E-state index in [1.807, 2.05) is 6.92 Å². The highest BCUT2D eigenvalue weighted by atomic mass is 79.9. The van der Waals surface area contributed by atoms with Gasteiger partial charge in [-0.3, -0.25) is 0 Å². The highest BCUT2D eigenvalue weighted by Gasteiger charge is 2.27. The molecule has 1 fully saturated rings. The van der Waals surface area contributed by atoms with E-state index in [0.29, 0.717) is 5.92 Å². The van der Waals surface area contributed by atoms with Crippen LogP contribution in [-0.2, 0) is 4.79 Å². The molecular formula is C10H11BrN2O. The fourth-order valence-corrected chi connectivity index (χ4v) is 1.87. The Hall–Kier alpha value is -0.770. The number of nitrogens with zero attached hydrogens (tertiary/aromatic N) is 2. The van der Waals surface area contributed by atoms with Crippen molar-refractivity contribution in [2.75, 3.05) is 0 Å². The second kappa shape index (κ2) is 3.77. The first-order valence-corrected chi connectivity index (χ1v) is 5.49. The van der Waals surface area contributed by atoms with Crippen LogP contribution < -0.4 is 0 Å². The average Bonchev–Trinajstić information content (AvgIpc) is 3.01. The van der Waals surface area contributed by atoms with E-state index in [2.05, 4.69) is 25.9 Å². The summed E-state index contributed by atoms with van der Waals surface area (Å²) < 4.78 is 0.821. The van der Waals surface area contributed by atoms with Gasteiger partial charge < -0.3 is 4.79 Å². The Labute approximate surface area is 91.1 Å². The Morgan fingerprint density at radius 2 is 2.36 bits per heavy atom. The molecule has 14 heavy (non-hydrogen) atoms. The third-order valence-electron chi connectivity index (χ3n) is 2.37. The van der Waals surface area contributed by atoms with E-state index in [0.717, 1.165) is 22.3 Å². The van der Waals surface area contributed by atoms with Crippen LogP contribution in [-0.4, -0.2) is 16.3 Å². The quantitative estimate of drug-likeness (QED) is 0.779. The summed E-state index contributed by atoms with van der Waals surface area (Å²) in [6.45, 7) is 1.84. The van der Waals surface area contributed by atoms with Crippen LogP contribution in [0.25, 0.3) is 0 Å². The maximum Gasteiger partial charge on any atom is 0.131 e. The molecule has 2 rings (SSSR count). The fourth-order valence-electron chi connectivity index (χ4n) is 1.32. The minimum absolute atomic E-state index is 0.162. The summed E-state index contributed by atoms with van der Waals surface area (Å²) in [7, 11) is 0. The average molecular weight is 255 g/mol. The Kier molecular flexibility index (Phi) is 2.63. The highest BCUT2D eigenvalue weighted by molar-refractivity contribution is 9.10. The number of rotatable bonds is 3. The van der Waals surface area contributed by atoms with Crippen LogP contribution in [0.15, 0.2) is 10.7 Å². The molecule has 0 bridgehead atoms. The third kappa shape index (κ3) is 1.85. The number of hydrogen-bond donors (Lipinski definition) is 0. The van der Waals surface area contributed by atoms with Crippen molar-refractivity contribution in [1.82, 2.24) is 9.97 Å². The zero-order valence-electron chi connectivity index (χ0n) is 7.90. The van der Waals surface area contributed by atoms with Gasteiger partial charge in [0.05, 0.1) is 16.1 Å². The van der Waals surface area contributed by atoms with Crippen molar-refractivity contribution in [2.45, 2.75) is 31.6 Å². The maximum atomic E-state index is 10.7. The molecule has 0 radical (unpaired) electrons. The molecule has 4 heteroatoms. The Morgan fingerprint density at radius 1 is 1.64 bits per heavy atom. The van der Waals surface area contributed by atoms with E-state index in [-0.39, 0.29) is 5.92 Å². The maximum absolute atomic E-state index is 10.7. The van der Waals surface area contributed by atoms with Gasteiger partial charge in [-0.1, -0.05) is 6.92 Å². The van der Waals surface area contributed by atoms with E-state index in [1.54, 1.807) is 6.20 Å². The lowest BCUT2D eigenvalue weighted by Crippen LogP contribution is -2.03. The van der Waals surface area contributed by atoms with Crippen molar-refractivity contribution in [3.05, 3.63) is 22.2 Å². The van der Waals surface area contributed by atoms with Crippen LogP contribution in [0.3, 0.4) is 0 Å². The lowest BCUT2D eigenvalue weighted by molar-refractivity contribution is -0.108. The van der Waals surface area contributed by atoms with Gasteiger partial charge in [0, 0.05) is 12.1 Å². The van der Waals surface area contributed by atoms with Gasteiger partial charge in [-0.25, -0.2) is 9.97 Å². The molecule has 0 N–H and O–H groups in total. The van der Waals surface area contributed by atoms with Gasteiger partial charge in [0.25, 0.3) is 0 Å². The van der Waals surface area contributed by atoms with Gasteiger partial charge in [-0.05, 0) is 28.8 Å². The topological polar surface area (TPSA) is 42.9 Å². The number of halogens is 1. The summed E-state index contributed by atoms with van der Waals surface area (Å²) in [5, 5.41) is 0. The summed E-state index contributed by atoms with van der Waals surface area (Å²) in [5.41, 5.74) is 0.803. The predicted molar refractivity (Wildman–Crippen MR) is 56.2 cm³/mol. The number of carbonyl (C=O) groups excluding carboxylic acids is 1. The smallest absolute Gasteiger partial charge is 0.131 e. The first-order valence-electron chi connectivity index (χ1n) is 4.70. The summed E-state index contributed by atoms with van der Waals surface area (Å²) in [4.78, 5) is 19.3. The molecule has 74 valence electrons. The monoisotopic (exact) mass is 254 g/mol. The molecule has 1 aromatic heterocycles. The van der Waals surface area contributed by atoms with Gasteiger partial charge >= 0.3 is 0 Å². The Bertz CT molecular complexity index is 363. The predicted octanol–water partition coefficient (Wildman–Crippen LogP) is 2.42. The van der Waals surface area contributed by atoms with E-state index >= 15 is 0 Å². The molecule has 0 amide bonds. The Morgan fingerprint density at radius 3 is 2.93 bits per heavy atom. The van der Waals surface area contributed by atoms with Crippen LogP contribution in [0.1, 0.15) is 43.1 Å². The normalized spacial score (nSPS) is 17.9. The molecule has 3 nitrogen and oxygen atoms in total. The van der Waals surface area contributed by atoms with E-state index < -0.39 is 0 Å². The van der Waals surface area contributed by atoms with E-state index in [1.165, 1.54) is 12.8 Å². The molecule has 1 heterocycles. The lowest BCUT2D eigenvalue weighted by Gasteiger charge is -2.07. The highest BCUT2D eigenvalue weighted by Crippen LogP contribution is 2.38. The molecular weight excluding hydrogens is 244 g/mol. The van der Waals surface area contributed by atoms with Gasteiger partial charge in [0.1, 0.15) is 12.1 Å². The summed E-state index contributed by atoms with van der Waals surface area (Å²) in [6, 6.07) is 0. The fraction of sp³-hybridized carbons (Fsp3) is 0.500. The SMILES string of the molecule is CC(C=O)c1nc(C2CC2)ncc1Br. The van der Waals surface area contributed by atoms with Crippen molar-refractivity contribution in [2.24, 2.45) is 0 Å². The summed E-state index contributed by atoms with van der Waals surface area (Å²) >= 11 is 3.36. The van der Waals surface area contributed by atoms with Crippen molar-refractivity contribution < 1.29 is 4.79 Å². The number of aldehydes is 1. The number of carbonyl (C=O) groups is 1. The Balaban J connectivity index is 2.35. The lowest BCUT2D eigenvalue weighted by atomic mass is 10.1. The molecule has 1 aliphatic carbocycles. The molecule has 0 aromatic carbocycles. The zero-order chi connectivity index (χ0) is 10.1. The first-order chi connectivity index (χ1) is 6.72. The van der Waals surface area contributed by atoms with E-state index in [4.69, 9.17) is 0 Å². The minimum Gasteiger partial charge on any atom is -0.303 e. The van der Waals surface area contributed by atoms with Crippen LogP contribution in [0, 0.1) is 0 Å². The van der Waals surface area contributed by atoms with Gasteiger partial charge in [0.15, 0.2) is 0 Å². The number of hydrogen-bond acceptors (Lipinski definition) is 3. The molecule has 1 unspecified atom stereocenters. The van der Waals surface area contributed by atoms with Crippen molar-refractivity contribution in [1.29, 1.82) is 0 Å². The first kappa shape index (κ1) is 9.77.